The average molecular weight is 405 g/mol. The highest BCUT2D eigenvalue weighted by Gasteiger charge is 2.47. The number of likely N-dealkylation sites (tertiary alicyclic amines) is 1. The summed E-state index contributed by atoms with van der Waals surface area (Å²) in [5, 5.41) is 0. The molecule has 1 unspecified atom stereocenters. The number of carbonyl (C=O) groups excluding carboxylic acids is 2. The van der Waals surface area contributed by atoms with E-state index in [0.29, 0.717) is 26.1 Å². The Hall–Kier alpha value is -2.24. The molecule has 0 bridgehead atoms. The second-order valence-corrected chi connectivity index (χ2v) is 8.59. The van der Waals surface area contributed by atoms with Crippen LogP contribution in [-0.2, 0) is 9.47 Å². The van der Waals surface area contributed by atoms with Crippen LogP contribution in [0.3, 0.4) is 0 Å². The fraction of sp³-hybridized carbons (Fsp3) is 0.652. The van der Waals surface area contributed by atoms with Crippen molar-refractivity contribution >= 4 is 12.2 Å². The lowest BCUT2D eigenvalue weighted by Crippen LogP contribution is -2.39. The molecule has 3 rings (SSSR count). The van der Waals surface area contributed by atoms with Crippen molar-refractivity contribution in [1.29, 1.82) is 0 Å². The van der Waals surface area contributed by atoms with Gasteiger partial charge in [-0.05, 0) is 46.1 Å². The molecular formula is C23H36N2O4. The minimum absolute atomic E-state index is 0.0386. The van der Waals surface area contributed by atoms with Gasteiger partial charge in [-0.15, -0.1) is 0 Å². The Morgan fingerprint density at radius 1 is 1.14 bits per heavy atom. The lowest BCUT2D eigenvalue weighted by molar-refractivity contribution is 0.0217. The maximum Gasteiger partial charge on any atom is 0.411 e. The topological polar surface area (TPSA) is 59.1 Å². The number of nitrogens with zero attached hydrogens (tertiary/aromatic N) is 2. The van der Waals surface area contributed by atoms with Gasteiger partial charge in [-0.25, -0.2) is 9.59 Å². The van der Waals surface area contributed by atoms with E-state index in [0.717, 1.165) is 18.4 Å². The summed E-state index contributed by atoms with van der Waals surface area (Å²) in [5.41, 5.74) is 0.0650. The number of ether oxygens (including phenoxy) is 2. The van der Waals surface area contributed by atoms with Gasteiger partial charge < -0.3 is 14.4 Å². The summed E-state index contributed by atoms with van der Waals surface area (Å²) in [7, 11) is 0. The third-order valence-electron chi connectivity index (χ3n) is 5.30. The van der Waals surface area contributed by atoms with Crippen molar-refractivity contribution in [2.24, 2.45) is 0 Å². The quantitative estimate of drug-likeness (QED) is 0.663. The predicted molar refractivity (Wildman–Crippen MR) is 114 cm³/mol. The summed E-state index contributed by atoms with van der Waals surface area (Å²) in [6.07, 6.45) is 1.63. The van der Waals surface area contributed by atoms with Gasteiger partial charge in [-0.1, -0.05) is 44.2 Å². The number of hydrogen-bond acceptors (Lipinski definition) is 4. The molecule has 2 amide bonds. The van der Waals surface area contributed by atoms with Crippen LogP contribution in [0.2, 0.25) is 0 Å². The Balaban J connectivity index is 0.00000145. The van der Waals surface area contributed by atoms with Gasteiger partial charge >= 0.3 is 12.2 Å². The molecule has 2 heterocycles. The molecule has 0 aliphatic carbocycles. The van der Waals surface area contributed by atoms with Crippen LogP contribution in [0.25, 0.3) is 0 Å². The van der Waals surface area contributed by atoms with Gasteiger partial charge in [-0.2, -0.15) is 0 Å². The van der Waals surface area contributed by atoms with Crippen molar-refractivity contribution in [1.82, 2.24) is 9.80 Å². The maximum absolute atomic E-state index is 12.6. The minimum Gasteiger partial charge on any atom is -0.444 e. The van der Waals surface area contributed by atoms with Gasteiger partial charge in [0.1, 0.15) is 11.2 Å². The lowest BCUT2D eigenvalue weighted by Gasteiger charge is -2.28. The summed E-state index contributed by atoms with van der Waals surface area (Å²) in [4.78, 5) is 28.5. The Morgan fingerprint density at radius 3 is 2.41 bits per heavy atom. The van der Waals surface area contributed by atoms with Crippen LogP contribution in [0.4, 0.5) is 9.59 Å². The molecule has 1 aromatic carbocycles. The first-order chi connectivity index (χ1) is 13.7. The number of hydrogen-bond donors (Lipinski definition) is 0. The predicted octanol–water partition coefficient (Wildman–Crippen LogP) is 5.39. The zero-order chi connectivity index (χ0) is 21.7. The summed E-state index contributed by atoms with van der Waals surface area (Å²) >= 11 is 0. The van der Waals surface area contributed by atoms with Crippen LogP contribution >= 0.6 is 0 Å². The number of carbonyl (C=O) groups is 2. The van der Waals surface area contributed by atoms with E-state index in [9.17, 15) is 9.59 Å². The molecule has 2 aliphatic rings. The second-order valence-electron chi connectivity index (χ2n) is 8.59. The largest absolute Gasteiger partial charge is 0.444 e. The fourth-order valence-electron chi connectivity index (χ4n) is 3.79. The first-order valence-corrected chi connectivity index (χ1v) is 10.7. The molecule has 0 aromatic heterocycles. The van der Waals surface area contributed by atoms with Crippen LogP contribution in [0.5, 0.6) is 0 Å². The van der Waals surface area contributed by atoms with E-state index in [1.54, 1.807) is 9.80 Å². The van der Waals surface area contributed by atoms with Crippen LogP contribution in [-0.4, -0.2) is 52.8 Å². The highest BCUT2D eigenvalue weighted by molar-refractivity contribution is 5.71. The van der Waals surface area contributed by atoms with E-state index in [4.69, 9.17) is 9.47 Å². The highest BCUT2D eigenvalue weighted by Crippen LogP contribution is 2.37. The SMILES string of the molecule is CC.C[C@H](c1ccccc1)N1CC2(CCCN(C(=O)OC(C)(C)C)CC2)OC1=O. The monoisotopic (exact) mass is 404 g/mol. The molecule has 29 heavy (non-hydrogen) atoms. The van der Waals surface area contributed by atoms with Crippen molar-refractivity contribution in [3.8, 4) is 0 Å². The molecular weight excluding hydrogens is 368 g/mol. The van der Waals surface area contributed by atoms with Crippen LogP contribution in [0.15, 0.2) is 30.3 Å². The molecule has 1 spiro atoms. The first kappa shape index (κ1) is 23.0. The zero-order valence-electron chi connectivity index (χ0n) is 18.7. The molecule has 162 valence electrons. The average Bonchev–Trinajstić information content (AvgIpc) is 2.86. The third-order valence-corrected chi connectivity index (χ3v) is 5.30. The fourth-order valence-corrected chi connectivity index (χ4v) is 3.79. The van der Waals surface area contributed by atoms with Crippen LogP contribution < -0.4 is 0 Å². The van der Waals surface area contributed by atoms with Crippen LogP contribution in [0, 0.1) is 0 Å². The standard InChI is InChI=1S/C21H30N2O4.C2H6/c1-16(17-9-6-5-7-10-17)23-15-21(27-19(23)25)11-8-13-22(14-12-21)18(24)26-20(2,3)4;1-2/h5-7,9-10,16H,8,11-15H2,1-4H3;1-2H3/t16-,21?;/m1./s1. The Kier molecular flexibility index (Phi) is 7.55. The molecule has 2 fully saturated rings. The Morgan fingerprint density at radius 2 is 1.79 bits per heavy atom. The van der Waals surface area contributed by atoms with Gasteiger partial charge in [0.05, 0.1) is 12.6 Å². The van der Waals surface area contributed by atoms with Gasteiger partial charge in [0.15, 0.2) is 0 Å². The minimum atomic E-state index is -0.517. The smallest absolute Gasteiger partial charge is 0.411 e. The van der Waals surface area contributed by atoms with E-state index < -0.39 is 11.2 Å². The second kappa shape index (κ2) is 9.51. The van der Waals surface area contributed by atoms with E-state index in [2.05, 4.69) is 0 Å². The van der Waals surface area contributed by atoms with Crippen molar-refractivity contribution < 1.29 is 19.1 Å². The highest BCUT2D eigenvalue weighted by atomic mass is 16.6. The summed E-state index contributed by atoms with van der Waals surface area (Å²) in [6.45, 7) is 13.4. The molecule has 0 saturated carbocycles. The molecule has 1 aromatic rings. The summed E-state index contributed by atoms with van der Waals surface area (Å²) < 4.78 is 11.4. The van der Waals surface area contributed by atoms with Gasteiger partial charge in [-0.3, -0.25) is 4.90 Å². The normalized spacial score (nSPS) is 23.0. The maximum atomic E-state index is 12.6. The molecule has 6 heteroatoms. The molecule has 2 saturated heterocycles. The number of benzene rings is 1. The first-order valence-electron chi connectivity index (χ1n) is 10.7. The van der Waals surface area contributed by atoms with Crippen LogP contribution in [0.1, 0.15) is 72.4 Å². The van der Waals surface area contributed by atoms with Crippen molar-refractivity contribution in [3.05, 3.63) is 35.9 Å². The Labute approximate surface area is 175 Å². The van der Waals surface area contributed by atoms with Crippen molar-refractivity contribution in [3.63, 3.8) is 0 Å². The number of amides is 2. The van der Waals surface area contributed by atoms with E-state index in [1.807, 2.05) is 71.9 Å². The third kappa shape index (κ3) is 5.87. The van der Waals surface area contributed by atoms with Gasteiger partial charge in [0, 0.05) is 19.5 Å². The lowest BCUT2D eigenvalue weighted by atomic mass is 9.94. The van der Waals surface area contributed by atoms with Gasteiger partial charge in [0.25, 0.3) is 0 Å². The van der Waals surface area contributed by atoms with Gasteiger partial charge in [0.2, 0.25) is 0 Å². The molecule has 0 N–H and O–H groups in total. The van der Waals surface area contributed by atoms with Crippen molar-refractivity contribution in [2.45, 2.75) is 78.0 Å². The summed E-state index contributed by atoms with van der Waals surface area (Å²) in [6, 6.07) is 9.95. The summed E-state index contributed by atoms with van der Waals surface area (Å²) in [5.74, 6) is 0. The van der Waals surface area contributed by atoms with Crippen molar-refractivity contribution in [2.75, 3.05) is 19.6 Å². The van der Waals surface area contributed by atoms with E-state index >= 15 is 0 Å². The molecule has 2 atom stereocenters. The van der Waals surface area contributed by atoms with E-state index in [1.165, 1.54) is 0 Å². The molecule has 2 aliphatic heterocycles. The zero-order valence-corrected chi connectivity index (χ0v) is 18.7. The molecule has 6 nitrogen and oxygen atoms in total. The van der Waals surface area contributed by atoms with E-state index in [-0.39, 0.29) is 18.2 Å². The molecule has 0 radical (unpaired) electrons. The number of rotatable bonds is 2. The Bertz CT molecular complexity index is 686.